The molecule has 0 fully saturated rings. The highest BCUT2D eigenvalue weighted by molar-refractivity contribution is 6.22. The third kappa shape index (κ3) is 5.65. The number of hydrogen-bond donors (Lipinski definition) is 0. The molecule has 9 aromatic rings. The highest BCUT2D eigenvalue weighted by Crippen LogP contribution is 2.45. The molecule has 52 heavy (non-hydrogen) atoms. The van der Waals surface area contributed by atoms with Crippen molar-refractivity contribution in [1.29, 1.82) is 0 Å². The highest BCUT2D eigenvalue weighted by atomic mass is 14.7. The standard InChI is InChI=1S/C50H36N2/c1-33-43(17-9-29-51-33)36-19-23-38(24-20-36)49-45-15-6-7-16-46(45)50(39-25-21-37(22-26-39)44-18-10-30-52-34(44)2)48-32-42(27-28-47(48)49)41-14-8-13-40(31-41)35-11-4-3-5-12-35/h3-32H,1-2H3. The number of hydrogen-bond acceptors (Lipinski definition) is 2. The minimum absolute atomic E-state index is 1.03. The Morgan fingerprint density at radius 3 is 1.27 bits per heavy atom. The number of fused-ring (bicyclic) bond motifs is 2. The van der Waals surface area contributed by atoms with Crippen molar-refractivity contribution >= 4 is 21.5 Å². The normalized spacial score (nSPS) is 11.3. The van der Waals surface area contributed by atoms with Crippen LogP contribution in [-0.4, -0.2) is 9.97 Å². The van der Waals surface area contributed by atoms with E-state index in [-0.39, 0.29) is 0 Å². The summed E-state index contributed by atoms with van der Waals surface area (Å²) >= 11 is 0. The predicted molar refractivity (Wildman–Crippen MR) is 219 cm³/mol. The Hall–Kier alpha value is -6.64. The summed E-state index contributed by atoms with van der Waals surface area (Å²) in [5.74, 6) is 0. The van der Waals surface area contributed by atoms with Crippen LogP contribution in [0, 0.1) is 13.8 Å². The first kappa shape index (κ1) is 31.3. The zero-order valence-electron chi connectivity index (χ0n) is 29.2. The van der Waals surface area contributed by atoms with E-state index >= 15 is 0 Å². The number of nitrogens with zero attached hydrogens (tertiary/aromatic N) is 2. The monoisotopic (exact) mass is 664 g/mol. The van der Waals surface area contributed by atoms with Gasteiger partial charge in [-0.25, -0.2) is 0 Å². The Morgan fingerprint density at radius 1 is 0.288 bits per heavy atom. The molecule has 2 heterocycles. The summed E-state index contributed by atoms with van der Waals surface area (Å²) in [4.78, 5) is 9.08. The fourth-order valence-electron chi connectivity index (χ4n) is 7.70. The van der Waals surface area contributed by atoms with E-state index in [2.05, 4.69) is 182 Å². The van der Waals surface area contributed by atoms with Gasteiger partial charge in [0.15, 0.2) is 0 Å². The fourth-order valence-corrected chi connectivity index (χ4v) is 7.70. The van der Waals surface area contributed by atoms with Crippen molar-refractivity contribution in [1.82, 2.24) is 9.97 Å². The average molecular weight is 665 g/mol. The molecule has 0 aliphatic heterocycles. The fraction of sp³-hybridized carbons (Fsp3) is 0.0400. The molecule has 0 radical (unpaired) electrons. The van der Waals surface area contributed by atoms with E-state index in [0.29, 0.717) is 0 Å². The van der Waals surface area contributed by atoms with E-state index in [4.69, 9.17) is 0 Å². The van der Waals surface area contributed by atoms with Crippen molar-refractivity contribution in [3.05, 3.63) is 194 Å². The Bertz CT molecular complexity index is 2730. The van der Waals surface area contributed by atoms with Gasteiger partial charge >= 0.3 is 0 Å². The van der Waals surface area contributed by atoms with Gasteiger partial charge in [0.05, 0.1) is 0 Å². The summed E-state index contributed by atoms with van der Waals surface area (Å²) in [7, 11) is 0. The zero-order chi connectivity index (χ0) is 35.0. The molecule has 9 rings (SSSR count). The van der Waals surface area contributed by atoms with Gasteiger partial charge in [0, 0.05) is 34.9 Å². The minimum atomic E-state index is 1.03. The Morgan fingerprint density at radius 2 is 0.712 bits per heavy atom. The lowest BCUT2D eigenvalue weighted by molar-refractivity contribution is 1.20. The Labute approximate surface area is 304 Å². The van der Waals surface area contributed by atoms with Crippen molar-refractivity contribution in [3.63, 3.8) is 0 Å². The maximum absolute atomic E-state index is 4.54. The average Bonchev–Trinajstić information content (AvgIpc) is 3.21. The van der Waals surface area contributed by atoms with Gasteiger partial charge in [-0.15, -0.1) is 0 Å². The van der Waals surface area contributed by atoms with Gasteiger partial charge < -0.3 is 0 Å². The lowest BCUT2D eigenvalue weighted by Crippen LogP contribution is -1.93. The highest BCUT2D eigenvalue weighted by Gasteiger charge is 2.18. The molecule has 2 aromatic heterocycles. The van der Waals surface area contributed by atoms with Crippen LogP contribution in [0.2, 0.25) is 0 Å². The first-order chi connectivity index (χ1) is 25.6. The molecule has 246 valence electrons. The molecule has 7 aromatic carbocycles. The Kier molecular flexibility index (Phi) is 7.98. The van der Waals surface area contributed by atoms with Crippen LogP contribution in [0.4, 0.5) is 0 Å². The predicted octanol–water partition coefficient (Wildman–Crippen LogP) is 13.4. The molecule has 0 spiro atoms. The van der Waals surface area contributed by atoms with Crippen molar-refractivity contribution in [2.75, 3.05) is 0 Å². The molecule has 0 bridgehead atoms. The van der Waals surface area contributed by atoms with Gasteiger partial charge in [0.25, 0.3) is 0 Å². The van der Waals surface area contributed by atoms with Crippen LogP contribution in [0.3, 0.4) is 0 Å². The third-order valence-corrected chi connectivity index (χ3v) is 10.3. The van der Waals surface area contributed by atoms with Gasteiger partial charge in [-0.2, -0.15) is 0 Å². The first-order valence-electron chi connectivity index (χ1n) is 17.8. The van der Waals surface area contributed by atoms with Crippen LogP contribution in [0.1, 0.15) is 11.4 Å². The largest absolute Gasteiger partial charge is 0.261 e. The molecular weight excluding hydrogens is 629 g/mol. The number of pyridine rings is 2. The van der Waals surface area contributed by atoms with Crippen LogP contribution < -0.4 is 0 Å². The molecule has 0 unspecified atom stereocenters. The van der Waals surface area contributed by atoms with Crippen molar-refractivity contribution in [2.24, 2.45) is 0 Å². The van der Waals surface area contributed by atoms with Gasteiger partial charge in [-0.1, -0.05) is 146 Å². The second kappa shape index (κ2) is 13.2. The second-order valence-corrected chi connectivity index (χ2v) is 13.4. The molecule has 0 saturated heterocycles. The smallest absolute Gasteiger partial charge is 0.0450 e. The summed E-state index contributed by atoms with van der Waals surface area (Å²) < 4.78 is 0. The summed E-state index contributed by atoms with van der Waals surface area (Å²) in [6.45, 7) is 4.14. The summed E-state index contributed by atoms with van der Waals surface area (Å²) in [6.07, 6.45) is 3.71. The van der Waals surface area contributed by atoms with E-state index in [1.54, 1.807) is 0 Å². The number of aryl methyl sites for hydroxylation is 2. The van der Waals surface area contributed by atoms with E-state index < -0.39 is 0 Å². The molecular formula is C50H36N2. The van der Waals surface area contributed by atoms with E-state index in [9.17, 15) is 0 Å². The molecule has 0 aliphatic carbocycles. The lowest BCUT2D eigenvalue weighted by Gasteiger charge is -2.19. The van der Waals surface area contributed by atoms with Crippen LogP contribution >= 0.6 is 0 Å². The van der Waals surface area contributed by atoms with Crippen molar-refractivity contribution in [2.45, 2.75) is 13.8 Å². The summed E-state index contributed by atoms with van der Waals surface area (Å²) in [5.41, 5.74) is 16.4. The minimum Gasteiger partial charge on any atom is -0.261 e. The quantitative estimate of drug-likeness (QED) is 0.165. The van der Waals surface area contributed by atoms with Crippen LogP contribution in [-0.2, 0) is 0 Å². The van der Waals surface area contributed by atoms with E-state index in [1.807, 2.05) is 24.5 Å². The summed E-state index contributed by atoms with van der Waals surface area (Å²) in [6, 6.07) is 61.7. The molecule has 0 amide bonds. The molecule has 0 saturated carbocycles. The summed E-state index contributed by atoms with van der Waals surface area (Å²) in [5, 5.41) is 4.93. The molecule has 0 aliphatic rings. The van der Waals surface area contributed by atoms with Crippen LogP contribution in [0.5, 0.6) is 0 Å². The number of aromatic nitrogens is 2. The molecule has 2 heteroatoms. The Balaban J connectivity index is 1.27. The maximum Gasteiger partial charge on any atom is 0.0450 e. The first-order valence-corrected chi connectivity index (χ1v) is 17.8. The lowest BCUT2D eigenvalue weighted by atomic mass is 9.84. The van der Waals surface area contributed by atoms with E-state index in [0.717, 1.165) is 22.5 Å². The van der Waals surface area contributed by atoms with Crippen LogP contribution in [0.25, 0.3) is 88.3 Å². The van der Waals surface area contributed by atoms with Gasteiger partial charge in [-0.05, 0) is 115 Å². The molecule has 0 N–H and O–H groups in total. The number of rotatable bonds is 6. The van der Waals surface area contributed by atoms with Crippen LogP contribution in [0.15, 0.2) is 182 Å². The van der Waals surface area contributed by atoms with Gasteiger partial charge in [0.2, 0.25) is 0 Å². The molecule has 2 nitrogen and oxygen atoms in total. The topological polar surface area (TPSA) is 25.8 Å². The molecule has 0 atom stereocenters. The van der Waals surface area contributed by atoms with Crippen molar-refractivity contribution < 1.29 is 0 Å². The zero-order valence-corrected chi connectivity index (χ0v) is 29.2. The number of benzene rings is 7. The van der Waals surface area contributed by atoms with Gasteiger partial charge in [0.1, 0.15) is 0 Å². The second-order valence-electron chi connectivity index (χ2n) is 13.4. The maximum atomic E-state index is 4.54. The third-order valence-electron chi connectivity index (χ3n) is 10.3. The van der Waals surface area contributed by atoms with E-state index in [1.165, 1.54) is 77.2 Å². The van der Waals surface area contributed by atoms with Gasteiger partial charge in [-0.3, -0.25) is 9.97 Å². The SMILES string of the molecule is Cc1ncccc1-c1ccc(-c2c3ccccc3c(-c3ccc(-c4cccnc4C)cc3)c3cc(-c4cccc(-c5ccccc5)c4)ccc23)cc1. The van der Waals surface area contributed by atoms with Crippen molar-refractivity contribution in [3.8, 4) is 66.8 Å².